The minimum absolute atomic E-state index is 0.00647. The third-order valence-electron chi connectivity index (χ3n) is 5.99. The van der Waals surface area contributed by atoms with Crippen LogP contribution >= 0.6 is 0 Å². The number of carbonyl (C=O) groups excluding carboxylic acids is 2. The van der Waals surface area contributed by atoms with E-state index in [0.29, 0.717) is 30.4 Å². The summed E-state index contributed by atoms with van der Waals surface area (Å²) >= 11 is 0. The van der Waals surface area contributed by atoms with E-state index in [1.807, 2.05) is 61.2 Å². The maximum atomic E-state index is 12.6. The second-order valence-electron chi connectivity index (χ2n) is 8.20. The Morgan fingerprint density at radius 3 is 2.34 bits per heavy atom. The molecular formula is C25H28N4O3. The number of ketones is 1. The number of aryl methyl sites for hydroxylation is 1. The molecule has 32 heavy (non-hydrogen) atoms. The zero-order chi connectivity index (χ0) is 22.5. The Kier molecular flexibility index (Phi) is 6.75. The molecule has 1 saturated heterocycles. The van der Waals surface area contributed by atoms with Crippen molar-refractivity contribution in [1.82, 2.24) is 19.9 Å². The first kappa shape index (κ1) is 21.9. The van der Waals surface area contributed by atoms with E-state index >= 15 is 0 Å². The van der Waals surface area contributed by atoms with Gasteiger partial charge in [-0.25, -0.2) is 0 Å². The highest BCUT2D eigenvalue weighted by Crippen LogP contribution is 2.24. The summed E-state index contributed by atoms with van der Waals surface area (Å²) in [5.41, 5.74) is 2.77. The molecule has 1 amide bonds. The fraction of sp³-hybridized carbons (Fsp3) is 0.360. The van der Waals surface area contributed by atoms with Crippen LogP contribution in [0.4, 0.5) is 0 Å². The van der Waals surface area contributed by atoms with Gasteiger partial charge in [0.15, 0.2) is 5.78 Å². The lowest BCUT2D eigenvalue weighted by molar-refractivity contribution is -0.133. The quantitative estimate of drug-likeness (QED) is 0.527. The molecule has 0 saturated carbocycles. The van der Waals surface area contributed by atoms with Gasteiger partial charge < -0.3 is 9.42 Å². The van der Waals surface area contributed by atoms with Crippen molar-refractivity contribution in [2.45, 2.75) is 32.7 Å². The Hall–Kier alpha value is -3.32. The summed E-state index contributed by atoms with van der Waals surface area (Å²) in [5, 5.41) is 4.13. The average Bonchev–Trinajstić information content (AvgIpc) is 3.33. The smallest absolute Gasteiger partial charge is 0.244 e. The van der Waals surface area contributed by atoms with E-state index < -0.39 is 0 Å². The Morgan fingerprint density at radius 2 is 1.66 bits per heavy atom. The second kappa shape index (κ2) is 9.87. The van der Waals surface area contributed by atoms with E-state index in [4.69, 9.17) is 4.52 Å². The molecule has 1 aromatic heterocycles. The predicted molar refractivity (Wildman–Crippen MR) is 121 cm³/mol. The lowest BCUT2D eigenvalue weighted by Gasteiger charge is -2.36. The van der Waals surface area contributed by atoms with E-state index in [0.717, 1.165) is 18.7 Å². The molecule has 4 rings (SSSR count). The third kappa shape index (κ3) is 5.11. The molecule has 1 aliphatic rings. The molecule has 1 fully saturated rings. The number of Topliss-reactive ketones (excluding diaryl/α,β-unsaturated/α-hetero) is 1. The van der Waals surface area contributed by atoms with E-state index in [1.54, 1.807) is 12.1 Å². The van der Waals surface area contributed by atoms with Gasteiger partial charge in [-0.05, 0) is 13.8 Å². The van der Waals surface area contributed by atoms with Gasteiger partial charge in [0.05, 0.1) is 6.04 Å². The van der Waals surface area contributed by atoms with Crippen LogP contribution in [0.15, 0.2) is 59.1 Å². The first-order chi connectivity index (χ1) is 15.5. The van der Waals surface area contributed by atoms with E-state index in [9.17, 15) is 9.59 Å². The number of benzene rings is 2. The topological polar surface area (TPSA) is 79.5 Å². The van der Waals surface area contributed by atoms with Gasteiger partial charge in [-0.3, -0.25) is 14.5 Å². The third-order valence-corrected chi connectivity index (χ3v) is 5.99. The van der Waals surface area contributed by atoms with Gasteiger partial charge in [0.1, 0.15) is 0 Å². The van der Waals surface area contributed by atoms with Gasteiger partial charge in [-0.2, -0.15) is 4.98 Å². The van der Waals surface area contributed by atoms with Crippen molar-refractivity contribution in [1.29, 1.82) is 0 Å². The molecule has 0 N–H and O–H groups in total. The van der Waals surface area contributed by atoms with Gasteiger partial charge >= 0.3 is 0 Å². The van der Waals surface area contributed by atoms with Gasteiger partial charge in [-0.15, -0.1) is 0 Å². The zero-order valence-electron chi connectivity index (χ0n) is 18.5. The van der Waals surface area contributed by atoms with Crippen LogP contribution in [-0.4, -0.2) is 57.8 Å². The first-order valence-corrected chi connectivity index (χ1v) is 11.0. The Balaban J connectivity index is 1.27. The van der Waals surface area contributed by atoms with Crippen LogP contribution in [0.5, 0.6) is 0 Å². The van der Waals surface area contributed by atoms with Crippen molar-refractivity contribution in [3.05, 3.63) is 71.6 Å². The molecule has 7 nitrogen and oxygen atoms in total. The molecule has 166 valence electrons. The highest BCUT2D eigenvalue weighted by atomic mass is 16.5. The van der Waals surface area contributed by atoms with Crippen LogP contribution < -0.4 is 0 Å². The molecule has 0 aliphatic carbocycles. The highest BCUT2D eigenvalue weighted by Gasteiger charge is 2.28. The van der Waals surface area contributed by atoms with Crippen molar-refractivity contribution >= 4 is 11.7 Å². The summed E-state index contributed by atoms with van der Waals surface area (Å²) < 4.78 is 5.52. The molecule has 1 aliphatic heterocycles. The van der Waals surface area contributed by atoms with Gasteiger partial charge in [0.25, 0.3) is 0 Å². The fourth-order valence-electron chi connectivity index (χ4n) is 3.89. The largest absolute Gasteiger partial charge is 0.340 e. The fourth-order valence-corrected chi connectivity index (χ4v) is 3.89. The standard InChI is InChI=1S/C25H28N4O3/c1-18-8-10-21(11-9-18)24-26-25(32-27-24)19(2)28-14-16-29(17-15-28)23(31)13-12-22(30)20-6-4-3-5-7-20/h3-11,19H,12-17H2,1-2H3. The summed E-state index contributed by atoms with van der Waals surface area (Å²) in [6.45, 7) is 6.79. The molecule has 2 heterocycles. The van der Waals surface area contributed by atoms with E-state index in [-0.39, 0.29) is 30.6 Å². The summed E-state index contributed by atoms with van der Waals surface area (Å²) in [6, 6.07) is 17.1. The summed E-state index contributed by atoms with van der Waals surface area (Å²) in [7, 11) is 0. The number of hydrogen-bond donors (Lipinski definition) is 0. The molecular weight excluding hydrogens is 404 g/mol. The number of hydrogen-bond acceptors (Lipinski definition) is 6. The lowest BCUT2D eigenvalue weighted by atomic mass is 10.1. The lowest BCUT2D eigenvalue weighted by Crippen LogP contribution is -2.49. The Morgan fingerprint density at radius 1 is 0.969 bits per heavy atom. The van der Waals surface area contributed by atoms with E-state index in [2.05, 4.69) is 15.0 Å². The molecule has 1 atom stereocenters. The van der Waals surface area contributed by atoms with Crippen LogP contribution in [0.25, 0.3) is 11.4 Å². The van der Waals surface area contributed by atoms with Gasteiger partial charge in [0, 0.05) is 50.1 Å². The number of piperazine rings is 1. The highest BCUT2D eigenvalue weighted by molar-refractivity contribution is 5.97. The number of amides is 1. The average molecular weight is 433 g/mol. The van der Waals surface area contributed by atoms with Crippen molar-refractivity contribution in [3.63, 3.8) is 0 Å². The zero-order valence-corrected chi connectivity index (χ0v) is 18.5. The first-order valence-electron chi connectivity index (χ1n) is 11.0. The summed E-state index contributed by atoms with van der Waals surface area (Å²) in [4.78, 5) is 33.5. The summed E-state index contributed by atoms with van der Waals surface area (Å²) in [5.74, 6) is 1.20. The van der Waals surface area contributed by atoms with Crippen molar-refractivity contribution in [2.75, 3.05) is 26.2 Å². The van der Waals surface area contributed by atoms with Gasteiger partial charge in [0.2, 0.25) is 17.6 Å². The maximum absolute atomic E-state index is 12.6. The normalized spacial score (nSPS) is 15.5. The van der Waals surface area contributed by atoms with Crippen LogP contribution in [0, 0.1) is 6.92 Å². The molecule has 0 spiro atoms. The second-order valence-corrected chi connectivity index (χ2v) is 8.20. The van der Waals surface area contributed by atoms with Gasteiger partial charge in [-0.1, -0.05) is 65.3 Å². The minimum atomic E-state index is -0.0291. The molecule has 7 heteroatoms. The van der Waals surface area contributed by atoms with Crippen molar-refractivity contribution in [3.8, 4) is 11.4 Å². The monoisotopic (exact) mass is 432 g/mol. The van der Waals surface area contributed by atoms with Crippen LogP contribution in [-0.2, 0) is 4.79 Å². The van der Waals surface area contributed by atoms with E-state index in [1.165, 1.54) is 5.56 Å². The molecule has 2 aromatic carbocycles. The number of nitrogens with zero attached hydrogens (tertiary/aromatic N) is 4. The van der Waals surface area contributed by atoms with Crippen LogP contribution in [0.2, 0.25) is 0 Å². The number of aromatic nitrogens is 2. The molecule has 0 radical (unpaired) electrons. The summed E-state index contributed by atoms with van der Waals surface area (Å²) in [6.07, 6.45) is 0.482. The molecule has 0 bridgehead atoms. The minimum Gasteiger partial charge on any atom is -0.340 e. The van der Waals surface area contributed by atoms with Crippen molar-refractivity contribution in [2.24, 2.45) is 0 Å². The van der Waals surface area contributed by atoms with Crippen LogP contribution in [0.1, 0.15) is 47.6 Å². The number of carbonyl (C=O) groups is 2. The predicted octanol–water partition coefficient (Wildman–Crippen LogP) is 3.91. The Labute approximate surface area is 188 Å². The maximum Gasteiger partial charge on any atom is 0.244 e. The molecule has 1 unspecified atom stereocenters. The number of rotatable bonds is 7. The van der Waals surface area contributed by atoms with Crippen molar-refractivity contribution < 1.29 is 14.1 Å². The Bertz CT molecular complexity index is 1050. The van der Waals surface area contributed by atoms with Crippen LogP contribution in [0.3, 0.4) is 0 Å². The molecule has 3 aromatic rings. The SMILES string of the molecule is Cc1ccc(-c2noc(C(C)N3CCN(C(=O)CCC(=O)c4ccccc4)CC3)n2)cc1.